The number of nitrogen functional groups attached to an aromatic ring is 1. The molecule has 0 aliphatic carbocycles. The van der Waals surface area contributed by atoms with Crippen molar-refractivity contribution in [3.63, 3.8) is 0 Å². The molecule has 6 nitrogen and oxygen atoms in total. The molecule has 1 unspecified atom stereocenters. The first-order valence-electron chi connectivity index (χ1n) is 5.21. The van der Waals surface area contributed by atoms with Crippen molar-refractivity contribution in [2.75, 3.05) is 12.3 Å². The molecule has 1 aliphatic heterocycles. The Morgan fingerprint density at radius 1 is 1.82 bits per heavy atom. The lowest BCUT2D eigenvalue weighted by atomic mass is 10.0. The van der Waals surface area contributed by atoms with Crippen LogP contribution in [-0.2, 0) is 4.74 Å². The molecule has 0 radical (unpaired) electrons. The van der Waals surface area contributed by atoms with Crippen molar-refractivity contribution in [2.24, 2.45) is 0 Å². The first kappa shape index (κ1) is 11.6. The first-order chi connectivity index (χ1) is 8.10. The topological polar surface area (TPSA) is 90.4 Å². The Balaban J connectivity index is 2.27. The second kappa shape index (κ2) is 4.20. The van der Waals surface area contributed by atoms with Crippen LogP contribution < -0.4 is 11.4 Å². The highest BCUT2D eigenvalue weighted by Crippen LogP contribution is 2.34. The Labute approximate surface area is 98.0 Å². The van der Waals surface area contributed by atoms with Crippen LogP contribution in [0.15, 0.2) is 17.1 Å². The van der Waals surface area contributed by atoms with Gasteiger partial charge in [-0.25, -0.2) is 4.79 Å². The molecule has 2 atom stereocenters. The molecular formula is C11H13N3O3. The molecule has 1 aromatic rings. The Bertz CT molecular complexity index is 519. The SMILES string of the molecule is C#CC1(CO)CC[C@H](n2ccc(N)nc2=O)O1. The molecule has 17 heavy (non-hydrogen) atoms. The van der Waals surface area contributed by atoms with Gasteiger partial charge in [0.25, 0.3) is 0 Å². The fourth-order valence-electron chi connectivity index (χ4n) is 1.84. The number of ether oxygens (including phenoxy) is 1. The van der Waals surface area contributed by atoms with E-state index in [2.05, 4.69) is 10.9 Å². The quantitative estimate of drug-likeness (QED) is 0.674. The van der Waals surface area contributed by atoms with Crippen LogP contribution in [0.1, 0.15) is 19.1 Å². The molecule has 1 aliphatic rings. The standard InChI is InChI=1S/C11H13N3O3/c1-2-11(7-15)5-3-9(17-11)14-6-4-8(12)13-10(14)16/h1,4,6,9,15H,3,5,7H2,(H2,12,13,16)/t9-,11?/m1/s1. The third-order valence-corrected chi connectivity index (χ3v) is 2.84. The Morgan fingerprint density at radius 2 is 2.59 bits per heavy atom. The van der Waals surface area contributed by atoms with E-state index < -0.39 is 17.5 Å². The first-order valence-corrected chi connectivity index (χ1v) is 5.21. The van der Waals surface area contributed by atoms with E-state index in [0.717, 1.165) is 0 Å². The van der Waals surface area contributed by atoms with Gasteiger partial charge in [-0.05, 0) is 18.9 Å². The van der Waals surface area contributed by atoms with E-state index in [-0.39, 0.29) is 12.4 Å². The van der Waals surface area contributed by atoms with Crippen molar-refractivity contribution < 1.29 is 9.84 Å². The van der Waals surface area contributed by atoms with Crippen molar-refractivity contribution in [3.8, 4) is 12.3 Å². The van der Waals surface area contributed by atoms with Gasteiger partial charge in [0.15, 0.2) is 5.60 Å². The maximum absolute atomic E-state index is 11.6. The third kappa shape index (κ3) is 2.02. The number of rotatable bonds is 2. The number of aliphatic hydroxyl groups is 1. The number of terminal acetylenes is 1. The van der Waals surface area contributed by atoms with Crippen LogP contribution in [0.2, 0.25) is 0 Å². The molecular weight excluding hydrogens is 222 g/mol. The van der Waals surface area contributed by atoms with E-state index in [4.69, 9.17) is 16.9 Å². The Hall–Kier alpha value is -1.84. The second-order valence-electron chi connectivity index (χ2n) is 3.95. The van der Waals surface area contributed by atoms with Gasteiger partial charge in [0, 0.05) is 6.20 Å². The fourth-order valence-corrected chi connectivity index (χ4v) is 1.84. The summed E-state index contributed by atoms with van der Waals surface area (Å²) in [4.78, 5) is 15.2. The van der Waals surface area contributed by atoms with Crippen LogP contribution in [0.3, 0.4) is 0 Å². The molecule has 0 amide bonds. The minimum atomic E-state index is -0.995. The van der Waals surface area contributed by atoms with Crippen molar-refractivity contribution >= 4 is 5.82 Å². The third-order valence-electron chi connectivity index (χ3n) is 2.84. The van der Waals surface area contributed by atoms with Gasteiger partial charge in [0.05, 0.1) is 6.61 Å². The number of nitrogens with zero attached hydrogens (tertiary/aromatic N) is 2. The van der Waals surface area contributed by atoms with E-state index in [1.165, 1.54) is 16.8 Å². The van der Waals surface area contributed by atoms with E-state index in [0.29, 0.717) is 12.8 Å². The Kier molecular flexibility index (Phi) is 2.88. The summed E-state index contributed by atoms with van der Waals surface area (Å²) in [5.41, 5.74) is 3.91. The lowest BCUT2D eigenvalue weighted by Crippen LogP contribution is -2.33. The van der Waals surface area contributed by atoms with Gasteiger partial charge in [-0.1, -0.05) is 5.92 Å². The Morgan fingerprint density at radius 3 is 3.12 bits per heavy atom. The average Bonchev–Trinajstić information content (AvgIpc) is 2.74. The number of aromatic nitrogens is 2. The highest BCUT2D eigenvalue weighted by molar-refractivity contribution is 5.23. The summed E-state index contributed by atoms with van der Waals surface area (Å²) in [6.45, 7) is -0.267. The van der Waals surface area contributed by atoms with Crippen LogP contribution in [0.25, 0.3) is 0 Å². The van der Waals surface area contributed by atoms with Crippen molar-refractivity contribution in [1.29, 1.82) is 0 Å². The molecule has 0 saturated carbocycles. The number of nitrogens with two attached hydrogens (primary N) is 1. The van der Waals surface area contributed by atoms with Crippen molar-refractivity contribution in [1.82, 2.24) is 9.55 Å². The molecule has 0 spiro atoms. The largest absolute Gasteiger partial charge is 0.392 e. The van der Waals surface area contributed by atoms with E-state index >= 15 is 0 Å². The zero-order valence-electron chi connectivity index (χ0n) is 9.17. The molecule has 2 heterocycles. The van der Waals surface area contributed by atoms with Gasteiger partial charge in [-0.3, -0.25) is 4.57 Å². The monoisotopic (exact) mass is 235 g/mol. The summed E-state index contributed by atoms with van der Waals surface area (Å²) in [5, 5.41) is 9.20. The van der Waals surface area contributed by atoms with Crippen LogP contribution in [0.4, 0.5) is 5.82 Å². The lowest BCUT2D eigenvalue weighted by molar-refractivity contribution is -0.0648. The van der Waals surface area contributed by atoms with Gasteiger partial charge < -0.3 is 15.6 Å². The predicted molar refractivity (Wildman–Crippen MR) is 60.9 cm³/mol. The smallest absolute Gasteiger partial charge is 0.351 e. The van der Waals surface area contributed by atoms with E-state index in [1.807, 2.05) is 0 Å². The van der Waals surface area contributed by atoms with Crippen LogP contribution in [-0.4, -0.2) is 26.9 Å². The molecule has 0 aromatic carbocycles. The van der Waals surface area contributed by atoms with Gasteiger partial charge in [-0.15, -0.1) is 6.42 Å². The second-order valence-corrected chi connectivity index (χ2v) is 3.95. The molecule has 2 rings (SSSR count). The maximum atomic E-state index is 11.6. The maximum Gasteiger partial charge on any atom is 0.351 e. The van der Waals surface area contributed by atoms with Crippen molar-refractivity contribution in [3.05, 3.63) is 22.7 Å². The van der Waals surface area contributed by atoms with E-state index in [1.54, 1.807) is 0 Å². The summed E-state index contributed by atoms with van der Waals surface area (Å²) in [7, 11) is 0. The number of hydrogen-bond donors (Lipinski definition) is 2. The van der Waals surface area contributed by atoms with Gasteiger partial charge in [-0.2, -0.15) is 4.98 Å². The summed E-state index contributed by atoms with van der Waals surface area (Å²) < 4.78 is 6.87. The summed E-state index contributed by atoms with van der Waals surface area (Å²) in [6, 6.07) is 1.51. The molecule has 1 saturated heterocycles. The van der Waals surface area contributed by atoms with Crippen LogP contribution in [0, 0.1) is 12.3 Å². The van der Waals surface area contributed by atoms with Crippen LogP contribution >= 0.6 is 0 Å². The molecule has 3 N–H and O–H groups in total. The van der Waals surface area contributed by atoms with E-state index in [9.17, 15) is 9.90 Å². The minimum absolute atomic E-state index is 0.162. The molecule has 0 bridgehead atoms. The zero-order chi connectivity index (χ0) is 12.5. The summed E-state index contributed by atoms with van der Waals surface area (Å²) >= 11 is 0. The minimum Gasteiger partial charge on any atom is -0.392 e. The van der Waals surface area contributed by atoms with Crippen molar-refractivity contribution in [2.45, 2.75) is 24.7 Å². The lowest BCUT2D eigenvalue weighted by Gasteiger charge is -2.21. The molecule has 1 fully saturated rings. The van der Waals surface area contributed by atoms with Crippen LogP contribution in [0.5, 0.6) is 0 Å². The molecule has 1 aromatic heterocycles. The summed E-state index contributed by atoms with van der Waals surface area (Å²) in [5.74, 6) is 2.59. The number of hydrogen-bond acceptors (Lipinski definition) is 5. The highest BCUT2D eigenvalue weighted by atomic mass is 16.5. The molecule has 90 valence electrons. The highest BCUT2D eigenvalue weighted by Gasteiger charge is 2.39. The average molecular weight is 235 g/mol. The van der Waals surface area contributed by atoms with Gasteiger partial charge >= 0.3 is 5.69 Å². The predicted octanol–water partition coefficient (Wildman–Crippen LogP) is -0.501. The van der Waals surface area contributed by atoms with Gasteiger partial charge in [0.1, 0.15) is 12.0 Å². The number of anilines is 1. The fraction of sp³-hybridized carbons (Fsp3) is 0.455. The van der Waals surface area contributed by atoms with Gasteiger partial charge in [0.2, 0.25) is 0 Å². The molecule has 6 heteroatoms. The normalized spacial score (nSPS) is 27.9. The summed E-state index contributed by atoms with van der Waals surface area (Å²) in [6.07, 6.45) is 7.39. The zero-order valence-corrected chi connectivity index (χ0v) is 9.17. The number of aliphatic hydroxyl groups excluding tert-OH is 1.